The van der Waals surface area contributed by atoms with E-state index in [1.807, 2.05) is 60.7 Å². The first kappa shape index (κ1) is 20.8. The maximum absolute atomic E-state index is 14.2. The van der Waals surface area contributed by atoms with Gasteiger partial charge < -0.3 is 5.32 Å². The second kappa shape index (κ2) is 9.57. The molecule has 7 heteroatoms. The van der Waals surface area contributed by atoms with Crippen molar-refractivity contribution in [3.63, 3.8) is 0 Å². The molecule has 0 aliphatic carbocycles. The summed E-state index contributed by atoms with van der Waals surface area (Å²) in [6.45, 7) is 1.80. The van der Waals surface area contributed by atoms with Crippen molar-refractivity contribution in [3.8, 4) is 5.69 Å². The summed E-state index contributed by atoms with van der Waals surface area (Å²) >= 11 is 1.23. The molecule has 1 N–H and O–H groups in total. The molecule has 1 aromatic heterocycles. The van der Waals surface area contributed by atoms with Crippen LogP contribution in [0.15, 0.2) is 96.4 Å². The van der Waals surface area contributed by atoms with E-state index in [1.54, 1.807) is 29.7 Å². The molecule has 5 nitrogen and oxygen atoms in total. The molecule has 0 aliphatic rings. The van der Waals surface area contributed by atoms with Crippen LogP contribution in [0.25, 0.3) is 5.69 Å². The number of nitrogens with zero attached hydrogens (tertiary/aromatic N) is 3. The average molecular weight is 433 g/mol. The number of nitrogens with one attached hydrogen (secondary N) is 1. The number of benzene rings is 3. The molecule has 1 atom stereocenters. The van der Waals surface area contributed by atoms with E-state index in [1.165, 1.54) is 24.2 Å². The van der Waals surface area contributed by atoms with Crippen LogP contribution in [0.2, 0.25) is 0 Å². The molecule has 31 heavy (non-hydrogen) atoms. The number of hydrogen-bond acceptors (Lipinski definition) is 4. The molecule has 156 valence electrons. The summed E-state index contributed by atoms with van der Waals surface area (Å²) in [6.07, 6.45) is 1.45. The summed E-state index contributed by atoms with van der Waals surface area (Å²) in [4.78, 5) is 13.1. The van der Waals surface area contributed by atoms with E-state index in [4.69, 9.17) is 0 Å². The van der Waals surface area contributed by atoms with Gasteiger partial charge in [-0.05, 0) is 30.2 Å². The summed E-state index contributed by atoms with van der Waals surface area (Å²) in [6, 6.07) is 25.8. The summed E-state index contributed by atoms with van der Waals surface area (Å²) in [5.74, 6) is -0.528. The van der Waals surface area contributed by atoms with Gasteiger partial charge in [-0.2, -0.15) is 0 Å². The molecule has 4 aromatic rings. The molecule has 0 radical (unpaired) electrons. The van der Waals surface area contributed by atoms with Gasteiger partial charge in [0.1, 0.15) is 12.1 Å². The van der Waals surface area contributed by atoms with Crippen molar-refractivity contribution in [2.24, 2.45) is 0 Å². The maximum atomic E-state index is 14.2. The Balaban J connectivity index is 1.53. The topological polar surface area (TPSA) is 59.8 Å². The zero-order valence-electron chi connectivity index (χ0n) is 16.9. The Morgan fingerprint density at radius 3 is 2.13 bits per heavy atom. The summed E-state index contributed by atoms with van der Waals surface area (Å²) in [5, 5.41) is 11.1. The Bertz CT molecular complexity index is 1110. The zero-order valence-corrected chi connectivity index (χ0v) is 17.7. The zero-order chi connectivity index (χ0) is 21.6. The van der Waals surface area contributed by atoms with Gasteiger partial charge in [-0.3, -0.25) is 9.36 Å². The van der Waals surface area contributed by atoms with E-state index in [2.05, 4.69) is 15.5 Å². The quantitative estimate of drug-likeness (QED) is 0.427. The standard InChI is InChI=1S/C24H21FN4OS/c1-17(31-24-28-26-16-29(24)21-15-9-8-14-20(21)25)23(30)27-22(18-10-4-2-5-11-18)19-12-6-3-7-13-19/h2-17,22H,1H3,(H,27,30)/t17-/m1/s1. The largest absolute Gasteiger partial charge is 0.344 e. The Labute approximate surface area is 184 Å². The monoisotopic (exact) mass is 432 g/mol. The fourth-order valence-electron chi connectivity index (χ4n) is 3.24. The van der Waals surface area contributed by atoms with Crippen molar-refractivity contribution in [1.82, 2.24) is 20.1 Å². The molecule has 3 aromatic carbocycles. The minimum absolute atomic E-state index is 0.147. The number of hydrogen-bond donors (Lipinski definition) is 1. The van der Waals surface area contributed by atoms with Crippen LogP contribution in [-0.2, 0) is 4.79 Å². The lowest BCUT2D eigenvalue weighted by Crippen LogP contribution is -2.35. The second-order valence-corrected chi connectivity index (χ2v) is 8.27. The van der Waals surface area contributed by atoms with E-state index in [0.717, 1.165) is 11.1 Å². The van der Waals surface area contributed by atoms with Gasteiger partial charge in [0.05, 0.1) is 17.0 Å². The molecule has 1 heterocycles. The van der Waals surface area contributed by atoms with Crippen LogP contribution in [0.1, 0.15) is 24.1 Å². The number of thioether (sulfide) groups is 1. The van der Waals surface area contributed by atoms with Crippen molar-refractivity contribution >= 4 is 17.7 Å². The summed E-state index contributed by atoms with van der Waals surface area (Å²) in [7, 11) is 0. The molecule has 0 spiro atoms. The van der Waals surface area contributed by atoms with E-state index in [9.17, 15) is 9.18 Å². The average Bonchev–Trinajstić information content (AvgIpc) is 3.26. The molecular weight excluding hydrogens is 411 g/mol. The number of halogens is 1. The molecule has 4 rings (SSSR count). The van der Waals surface area contributed by atoms with Gasteiger partial charge in [0.2, 0.25) is 5.91 Å². The maximum Gasteiger partial charge on any atom is 0.234 e. The van der Waals surface area contributed by atoms with Crippen molar-refractivity contribution in [3.05, 3.63) is 108 Å². The van der Waals surface area contributed by atoms with Crippen LogP contribution < -0.4 is 5.32 Å². The fraction of sp³-hybridized carbons (Fsp3) is 0.125. The van der Waals surface area contributed by atoms with E-state index in [0.29, 0.717) is 10.8 Å². The molecule has 0 unspecified atom stereocenters. The number of para-hydroxylation sites is 1. The lowest BCUT2D eigenvalue weighted by Gasteiger charge is -2.22. The highest BCUT2D eigenvalue weighted by Crippen LogP contribution is 2.27. The van der Waals surface area contributed by atoms with Crippen molar-refractivity contribution in [2.75, 3.05) is 0 Å². The lowest BCUT2D eigenvalue weighted by atomic mass is 9.98. The lowest BCUT2D eigenvalue weighted by molar-refractivity contribution is -0.120. The van der Waals surface area contributed by atoms with Crippen LogP contribution >= 0.6 is 11.8 Å². The second-order valence-electron chi connectivity index (χ2n) is 6.96. The first-order chi connectivity index (χ1) is 15.1. The van der Waals surface area contributed by atoms with Crippen molar-refractivity contribution in [1.29, 1.82) is 0 Å². The number of carbonyl (C=O) groups is 1. The van der Waals surface area contributed by atoms with Crippen LogP contribution in [-0.4, -0.2) is 25.9 Å². The summed E-state index contributed by atoms with van der Waals surface area (Å²) in [5.41, 5.74) is 2.33. The van der Waals surface area contributed by atoms with Crippen LogP contribution in [0, 0.1) is 5.82 Å². The number of carbonyl (C=O) groups excluding carboxylic acids is 1. The number of aromatic nitrogens is 3. The predicted molar refractivity (Wildman–Crippen MR) is 120 cm³/mol. The smallest absolute Gasteiger partial charge is 0.234 e. The Morgan fingerprint density at radius 2 is 1.52 bits per heavy atom. The van der Waals surface area contributed by atoms with Gasteiger partial charge in [0.15, 0.2) is 5.16 Å². The number of rotatable bonds is 7. The first-order valence-corrected chi connectivity index (χ1v) is 10.7. The van der Waals surface area contributed by atoms with Crippen molar-refractivity contribution in [2.45, 2.75) is 23.4 Å². The molecule has 1 amide bonds. The van der Waals surface area contributed by atoms with E-state index >= 15 is 0 Å². The van der Waals surface area contributed by atoms with Gasteiger partial charge in [-0.25, -0.2) is 4.39 Å². The predicted octanol–water partition coefficient (Wildman–Crippen LogP) is 4.79. The van der Waals surface area contributed by atoms with Crippen molar-refractivity contribution < 1.29 is 9.18 Å². The highest BCUT2D eigenvalue weighted by atomic mass is 32.2. The van der Waals surface area contributed by atoms with Gasteiger partial charge in [0.25, 0.3) is 0 Å². The molecule has 0 fully saturated rings. The fourth-order valence-corrected chi connectivity index (χ4v) is 4.08. The molecular formula is C24H21FN4OS. The van der Waals surface area contributed by atoms with Gasteiger partial charge in [-0.15, -0.1) is 10.2 Å². The summed E-state index contributed by atoms with van der Waals surface area (Å²) < 4.78 is 15.8. The minimum atomic E-state index is -0.468. The van der Waals surface area contributed by atoms with Gasteiger partial charge in [0, 0.05) is 0 Å². The molecule has 0 aliphatic heterocycles. The molecule has 0 bridgehead atoms. The Hall–Kier alpha value is -3.45. The Kier molecular flexibility index (Phi) is 6.43. The third kappa shape index (κ3) is 4.83. The molecule has 0 saturated carbocycles. The third-order valence-corrected chi connectivity index (χ3v) is 5.89. The molecule has 0 saturated heterocycles. The van der Waals surface area contributed by atoms with Crippen LogP contribution in [0.3, 0.4) is 0 Å². The van der Waals surface area contributed by atoms with Gasteiger partial charge >= 0.3 is 0 Å². The van der Waals surface area contributed by atoms with Gasteiger partial charge in [-0.1, -0.05) is 84.6 Å². The van der Waals surface area contributed by atoms with E-state index in [-0.39, 0.29) is 17.8 Å². The van der Waals surface area contributed by atoms with E-state index < -0.39 is 5.25 Å². The Morgan fingerprint density at radius 1 is 0.935 bits per heavy atom. The third-order valence-electron chi connectivity index (χ3n) is 4.83. The van der Waals surface area contributed by atoms with Crippen LogP contribution in [0.4, 0.5) is 4.39 Å². The number of amides is 1. The minimum Gasteiger partial charge on any atom is -0.344 e. The first-order valence-electron chi connectivity index (χ1n) is 9.85. The highest BCUT2D eigenvalue weighted by molar-refractivity contribution is 8.00. The normalized spacial score (nSPS) is 12.0. The highest BCUT2D eigenvalue weighted by Gasteiger charge is 2.23. The SMILES string of the molecule is C[C@@H](Sc1nncn1-c1ccccc1F)C(=O)NC(c1ccccc1)c1ccccc1. The van der Waals surface area contributed by atoms with Crippen LogP contribution in [0.5, 0.6) is 0 Å².